The van der Waals surface area contributed by atoms with E-state index in [4.69, 9.17) is 14.5 Å². The Labute approximate surface area is 163 Å². The number of esters is 1. The molecule has 0 aliphatic heterocycles. The number of methoxy groups -OCH3 is 1. The van der Waals surface area contributed by atoms with Crippen LogP contribution in [-0.4, -0.2) is 24.7 Å². The summed E-state index contributed by atoms with van der Waals surface area (Å²) in [5, 5.41) is 4.17. The average Bonchev–Trinajstić information content (AvgIpc) is 3.04. The highest BCUT2D eigenvalue weighted by Gasteiger charge is 2.22. The fourth-order valence-corrected chi connectivity index (χ4v) is 3.78. The van der Waals surface area contributed by atoms with Crippen molar-refractivity contribution < 1.29 is 14.3 Å². The highest BCUT2D eigenvalue weighted by atomic mass is 32.1. The Morgan fingerprint density at radius 2 is 1.93 bits per heavy atom. The topological polar surface area (TPSA) is 60.5 Å². The molecule has 2 heterocycles. The van der Waals surface area contributed by atoms with Crippen molar-refractivity contribution in [1.82, 2.24) is 4.98 Å². The molecule has 0 aliphatic carbocycles. The fourth-order valence-electron chi connectivity index (χ4n) is 2.76. The van der Waals surface area contributed by atoms with Gasteiger partial charge in [-0.05, 0) is 42.7 Å². The fraction of sp³-hybridized carbons (Fsp3) is 0.333. The number of carbonyl (C=O) groups excluding carboxylic acids is 1. The minimum atomic E-state index is -0.339. The maximum Gasteiger partial charge on any atom is 0.343 e. The summed E-state index contributed by atoms with van der Waals surface area (Å²) in [6.07, 6.45) is 0. The number of nitrogens with zero attached hydrogens (tertiary/aromatic N) is 1. The van der Waals surface area contributed by atoms with Crippen LogP contribution in [0.25, 0.3) is 10.2 Å². The lowest BCUT2D eigenvalue weighted by atomic mass is 10.1. The SMILES string of the molecule is CCOC(=O)c1c(NCc2ccc(OC)cc2)sc2ccc(C(C)C)nc12. The second-order valence-electron chi connectivity index (χ2n) is 6.47. The molecule has 0 aliphatic rings. The number of hydrogen-bond acceptors (Lipinski definition) is 6. The molecular formula is C21H24N2O3S. The molecule has 3 rings (SSSR count). The quantitative estimate of drug-likeness (QED) is 0.566. The van der Waals surface area contributed by atoms with Gasteiger partial charge in [0.25, 0.3) is 0 Å². The number of pyridine rings is 1. The standard InChI is InChI=1S/C21H24N2O3S/c1-5-26-21(24)18-19-17(11-10-16(23-19)13(2)3)27-20(18)22-12-14-6-8-15(25-4)9-7-14/h6-11,13,22H,5,12H2,1-4H3. The third-order valence-corrected chi connectivity index (χ3v) is 5.34. The number of ether oxygens (including phenoxy) is 2. The van der Waals surface area contributed by atoms with E-state index in [1.807, 2.05) is 43.3 Å². The van der Waals surface area contributed by atoms with Gasteiger partial charge < -0.3 is 14.8 Å². The lowest BCUT2D eigenvalue weighted by Gasteiger charge is -2.08. The Bertz CT molecular complexity index is 932. The average molecular weight is 385 g/mol. The molecule has 6 heteroatoms. The largest absolute Gasteiger partial charge is 0.497 e. The van der Waals surface area contributed by atoms with Gasteiger partial charge >= 0.3 is 5.97 Å². The van der Waals surface area contributed by atoms with Crippen LogP contribution < -0.4 is 10.1 Å². The summed E-state index contributed by atoms with van der Waals surface area (Å²) in [7, 11) is 1.65. The second-order valence-corrected chi connectivity index (χ2v) is 7.52. The van der Waals surface area contributed by atoms with Gasteiger partial charge in [0.05, 0.1) is 23.9 Å². The smallest absolute Gasteiger partial charge is 0.343 e. The normalized spacial score (nSPS) is 11.0. The molecule has 0 radical (unpaired) electrons. The van der Waals surface area contributed by atoms with Crippen LogP contribution in [-0.2, 0) is 11.3 Å². The number of thiophene rings is 1. The van der Waals surface area contributed by atoms with E-state index in [1.165, 1.54) is 11.3 Å². The number of fused-ring (bicyclic) bond motifs is 1. The van der Waals surface area contributed by atoms with Gasteiger partial charge in [0.1, 0.15) is 16.3 Å². The van der Waals surface area contributed by atoms with Crippen LogP contribution in [0, 0.1) is 0 Å². The molecule has 0 atom stereocenters. The Kier molecular flexibility index (Phi) is 5.96. The molecule has 0 saturated carbocycles. The minimum Gasteiger partial charge on any atom is -0.497 e. The predicted molar refractivity (Wildman–Crippen MR) is 110 cm³/mol. The lowest BCUT2D eigenvalue weighted by molar-refractivity contribution is 0.0530. The van der Waals surface area contributed by atoms with Gasteiger partial charge in [0.2, 0.25) is 0 Å². The van der Waals surface area contributed by atoms with Crippen LogP contribution in [0.4, 0.5) is 5.00 Å². The third-order valence-electron chi connectivity index (χ3n) is 4.24. The van der Waals surface area contributed by atoms with Crippen LogP contribution in [0.5, 0.6) is 5.75 Å². The lowest BCUT2D eigenvalue weighted by Crippen LogP contribution is -2.09. The summed E-state index contributed by atoms with van der Waals surface area (Å²) in [4.78, 5) is 17.3. The van der Waals surface area contributed by atoms with Gasteiger partial charge in [-0.2, -0.15) is 0 Å². The van der Waals surface area contributed by atoms with E-state index < -0.39 is 0 Å². The Morgan fingerprint density at radius 3 is 2.56 bits per heavy atom. The highest BCUT2D eigenvalue weighted by Crippen LogP contribution is 2.36. The van der Waals surface area contributed by atoms with Crippen molar-refractivity contribution in [2.45, 2.75) is 33.2 Å². The zero-order chi connectivity index (χ0) is 19.4. The minimum absolute atomic E-state index is 0.292. The second kappa shape index (κ2) is 8.39. The van der Waals surface area contributed by atoms with Gasteiger partial charge in [0, 0.05) is 12.2 Å². The molecule has 3 aromatic rings. The van der Waals surface area contributed by atoms with Crippen LogP contribution >= 0.6 is 11.3 Å². The van der Waals surface area contributed by atoms with Crippen LogP contribution in [0.3, 0.4) is 0 Å². The number of hydrogen-bond donors (Lipinski definition) is 1. The third kappa shape index (κ3) is 4.22. The molecule has 0 fully saturated rings. The van der Waals surface area contributed by atoms with Crippen molar-refractivity contribution in [3.05, 3.63) is 53.2 Å². The molecule has 5 nitrogen and oxygen atoms in total. The molecule has 0 bridgehead atoms. The maximum atomic E-state index is 12.6. The summed E-state index contributed by atoms with van der Waals surface area (Å²) in [6, 6.07) is 11.9. The molecular weight excluding hydrogens is 360 g/mol. The van der Waals surface area contributed by atoms with Gasteiger partial charge in [-0.25, -0.2) is 4.79 Å². The van der Waals surface area contributed by atoms with E-state index >= 15 is 0 Å². The van der Waals surface area contributed by atoms with Crippen molar-refractivity contribution in [3.63, 3.8) is 0 Å². The molecule has 1 aromatic carbocycles. The van der Waals surface area contributed by atoms with E-state index in [0.717, 1.165) is 26.7 Å². The molecule has 0 unspecified atom stereocenters. The van der Waals surface area contributed by atoms with Crippen molar-refractivity contribution in [3.8, 4) is 5.75 Å². The first kappa shape index (κ1) is 19.2. The molecule has 0 saturated heterocycles. The number of anilines is 1. The predicted octanol–water partition coefficient (Wildman–Crippen LogP) is 5.22. The van der Waals surface area contributed by atoms with Crippen LogP contribution in [0.2, 0.25) is 0 Å². The Balaban J connectivity index is 1.94. The van der Waals surface area contributed by atoms with Crippen LogP contribution in [0.15, 0.2) is 36.4 Å². The van der Waals surface area contributed by atoms with E-state index in [9.17, 15) is 4.79 Å². The summed E-state index contributed by atoms with van der Waals surface area (Å²) in [5.41, 5.74) is 3.29. The molecule has 142 valence electrons. The van der Waals surface area contributed by atoms with Crippen molar-refractivity contribution in [1.29, 1.82) is 0 Å². The molecule has 0 amide bonds. The first-order valence-electron chi connectivity index (χ1n) is 9.00. The summed E-state index contributed by atoms with van der Waals surface area (Å²) in [5.74, 6) is 0.771. The van der Waals surface area contributed by atoms with Gasteiger partial charge in [-0.1, -0.05) is 26.0 Å². The summed E-state index contributed by atoms with van der Waals surface area (Å²) < 4.78 is 11.5. The van der Waals surface area contributed by atoms with E-state index in [0.29, 0.717) is 30.1 Å². The van der Waals surface area contributed by atoms with E-state index in [-0.39, 0.29) is 5.97 Å². The zero-order valence-electron chi connectivity index (χ0n) is 16.0. The van der Waals surface area contributed by atoms with Crippen molar-refractivity contribution in [2.75, 3.05) is 19.0 Å². The van der Waals surface area contributed by atoms with E-state index in [2.05, 4.69) is 19.2 Å². The maximum absolute atomic E-state index is 12.6. The molecule has 0 spiro atoms. The monoisotopic (exact) mass is 384 g/mol. The number of nitrogens with one attached hydrogen (secondary N) is 1. The zero-order valence-corrected chi connectivity index (χ0v) is 16.9. The van der Waals surface area contributed by atoms with Crippen molar-refractivity contribution >= 4 is 32.5 Å². The molecule has 1 N–H and O–H groups in total. The van der Waals surface area contributed by atoms with Crippen molar-refractivity contribution in [2.24, 2.45) is 0 Å². The number of benzene rings is 1. The molecule has 27 heavy (non-hydrogen) atoms. The van der Waals surface area contributed by atoms with Gasteiger partial charge in [-0.3, -0.25) is 4.98 Å². The van der Waals surface area contributed by atoms with Gasteiger partial charge in [0.15, 0.2) is 0 Å². The molecule has 2 aromatic heterocycles. The number of rotatable bonds is 7. The first-order chi connectivity index (χ1) is 13.0. The highest BCUT2D eigenvalue weighted by molar-refractivity contribution is 7.23. The number of aromatic nitrogens is 1. The first-order valence-corrected chi connectivity index (χ1v) is 9.82. The summed E-state index contributed by atoms with van der Waals surface area (Å²) >= 11 is 1.53. The van der Waals surface area contributed by atoms with E-state index in [1.54, 1.807) is 7.11 Å². The van der Waals surface area contributed by atoms with Crippen LogP contribution in [0.1, 0.15) is 48.3 Å². The Morgan fingerprint density at radius 1 is 1.19 bits per heavy atom. The van der Waals surface area contributed by atoms with Gasteiger partial charge in [-0.15, -0.1) is 11.3 Å². The Hall–Kier alpha value is -2.60. The summed E-state index contributed by atoms with van der Waals surface area (Å²) in [6.45, 7) is 6.92. The number of carbonyl (C=O) groups is 1.